The normalized spacial score (nSPS) is 11.3. The Morgan fingerprint density at radius 3 is 0.717 bits per heavy atom. The van der Waals surface area contributed by atoms with Gasteiger partial charge in [0.1, 0.15) is 0 Å². The van der Waals surface area contributed by atoms with E-state index in [2.05, 4.69) is 13.8 Å². The van der Waals surface area contributed by atoms with Crippen molar-refractivity contribution in [2.24, 2.45) is 0 Å². The molecule has 0 aromatic carbocycles. The fourth-order valence-electron chi connectivity index (χ4n) is 6.36. The molecule has 46 heavy (non-hydrogen) atoms. The van der Waals surface area contributed by atoms with Gasteiger partial charge in [-0.1, -0.05) is 194 Å². The summed E-state index contributed by atoms with van der Waals surface area (Å²) < 4.78 is 10.8. The van der Waals surface area contributed by atoms with Crippen LogP contribution < -0.4 is 0 Å². The van der Waals surface area contributed by atoms with Gasteiger partial charge in [-0.2, -0.15) is 0 Å². The second-order valence-corrected chi connectivity index (χ2v) is 14.3. The Balaban J connectivity index is 3.24. The molecule has 274 valence electrons. The van der Waals surface area contributed by atoms with Crippen LogP contribution in [0.4, 0.5) is 0 Å². The average Bonchev–Trinajstić information content (AvgIpc) is 3.05. The molecule has 0 saturated carbocycles. The maximum atomic E-state index is 12.0. The van der Waals surface area contributed by atoms with Crippen molar-refractivity contribution in [3.63, 3.8) is 0 Å². The van der Waals surface area contributed by atoms with Gasteiger partial charge in [-0.05, 0) is 38.5 Å². The topological polar surface area (TPSA) is 52.6 Å². The van der Waals surface area contributed by atoms with Gasteiger partial charge in [-0.25, -0.2) is 0 Å². The molecule has 0 radical (unpaired) electrons. The Morgan fingerprint density at radius 1 is 0.283 bits per heavy atom. The molecule has 0 fully saturated rings. The highest BCUT2D eigenvalue weighted by Crippen LogP contribution is 2.15. The van der Waals surface area contributed by atoms with E-state index in [9.17, 15) is 9.59 Å². The standard InChI is InChI=1S/C42H82O4/c1-3-5-7-9-11-13-15-17-19-21-23-25-27-29-33-37-41(43)45-39-35-31-32-36-40-46-42(44)38-34-30-28-26-24-22-20-18-16-14-12-10-8-6-4-2/h3-40H2,1-2H3. The van der Waals surface area contributed by atoms with E-state index in [4.69, 9.17) is 9.47 Å². The average molecular weight is 651 g/mol. The molecule has 0 spiro atoms. The van der Waals surface area contributed by atoms with Gasteiger partial charge < -0.3 is 9.47 Å². The molecule has 0 aliphatic heterocycles. The predicted octanol–water partition coefficient (Wildman–Crippen LogP) is 14.2. The van der Waals surface area contributed by atoms with E-state index in [0.29, 0.717) is 26.1 Å². The molecule has 0 atom stereocenters. The van der Waals surface area contributed by atoms with E-state index in [-0.39, 0.29) is 11.9 Å². The zero-order chi connectivity index (χ0) is 33.4. The van der Waals surface area contributed by atoms with Crippen LogP contribution in [0.3, 0.4) is 0 Å². The summed E-state index contributed by atoms with van der Waals surface area (Å²) in [5.41, 5.74) is 0. The van der Waals surface area contributed by atoms with Crippen molar-refractivity contribution in [3.05, 3.63) is 0 Å². The number of hydrogen-bond acceptors (Lipinski definition) is 4. The number of carbonyl (C=O) groups excluding carboxylic acids is 2. The minimum absolute atomic E-state index is 0.0394. The quantitative estimate of drug-likeness (QED) is 0.0490. The largest absolute Gasteiger partial charge is 0.466 e. The maximum Gasteiger partial charge on any atom is 0.305 e. The van der Waals surface area contributed by atoms with Crippen molar-refractivity contribution in [2.45, 2.75) is 245 Å². The van der Waals surface area contributed by atoms with E-state index in [1.54, 1.807) is 0 Å². The molecule has 0 aliphatic rings. The van der Waals surface area contributed by atoms with Crippen LogP contribution in [-0.4, -0.2) is 25.2 Å². The molecule has 0 rings (SSSR count). The summed E-state index contributed by atoms with van der Waals surface area (Å²) in [4.78, 5) is 23.9. The fourth-order valence-corrected chi connectivity index (χ4v) is 6.36. The highest BCUT2D eigenvalue weighted by molar-refractivity contribution is 5.69. The Labute approximate surface area is 288 Å². The monoisotopic (exact) mass is 651 g/mol. The summed E-state index contributed by atoms with van der Waals surface area (Å²) in [7, 11) is 0. The molecule has 0 saturated heterocycles. The highest BCUT2D eigenvalue weighted by atomic mass is 16.5. The number of hydrogen-bond donors (Lipinski definition) is 0. The predicted molar refractivity (Wildman–Crippen MR) is 199 cm³/mol. The molecular formula is C42H82O4. The van der Waals surface area contributed by atoms with Crippen molar-refractivity contribution in [1.29, 1.82) is 0 Å². The Hall–Kier alpha value is -1.06. The molecule has 0 aromatic rings. The number of ether oxygens (including phenoxy) is 2. The smallest absolute Gasteiger partial charge is 0.305 e. The van der Waals surface area contributed by atoms with Gasteiger partial charge in [0.25, 0.3) is 0 Å². The van der Waals surface area contributed by atoms with Gasteiger partial charge in [0, 0.05) is 12.8 Å². The highest BCUT2D eigenvalue weighted by Gasteiger charge is 2.04. The van der Waals surface area contributed by atoms with Gasteiger partial charge in [-0.3, -0.25) is 9.59 Å². The van der Waals surface area contributed by atoms with Gasteiger partial charge >= 0.3 is 11.9 Å². The zero-order valence-electron chi connectivity index (χ0n) is 31.5. The first-order valence-corrected chi connectivity index (χ1v) is 21.0. The van der Waals surface area contributed by atoms with E-state index in [1.165, 1.54) is 167 Å². The van der Waals surface area contributed by atoms with Gasteiger partial charge in [-0.15, -0.1) is 0 Å². The van der Waals surface area contributed by atoms with Crippen LogP contribution in [0.15, 0.2) is 0 Å². The summed E-state index contributed by atoms with van der Waals surface area (Å²) >= 11 is 0. The Morgan fingerprint density at radius 2 is 0.478 bits per heavy atom. The first-order valence-electron chi connectivity index (χ1n) is 21.0. The van der Waals surface area contributed by atoms with Crippen molar-refractivity contribution in [2.75, 3.05) is 13.2 Å². The zero-order valence-corrected chi connectivity index (χ0v) is 31.5. The third kappa shape index (κ3) is 39.1. The lowest BCUT2D eigenvalue weighted by molar-refractivity contribution is -0.145. The minimum Gasteiger partial charge on any atom is -0.466 e. The maximum absolute atomic E-state index is 12.0. The lowest BCUT2D eigenvalue weighted by Gasteiger charge is -2.07. The molecule has 4 heteroatoms. The van der Waals surface area contributed by atoms with Gasteiger partial charge in [0.05, 0.1) is 13.2 Å². The third-order valence-corrected chi connectivity index (χ3v) is 9.53. The second kappa shape index (κ2) is 40.1. The Kier molecular flexibility index (Phi) is 39.2. The molecule has 0 bridgehead atoms. The Bertz CT molecular complexity index is 552. The van der Waals surface area contributed by atoms with Gasteiger partial charge in [0.15, 0.2) is 0 Å². The second-order valence-electron chi connectivity index (χ2n) is 14.3. The lowest BCUT2D eigenvalue weighted by Crippen LogP contribution is -2.07. The van der Waals surface area contributed by atoms with Crippen molar-refractivity contribution in [3.8, 4) is 0 Å². The van der Waals surface area contributed by atoms with Crippen molar-refractivity contribution >= 4 is 11.9 Å². The SMILES string of the molecule is CCCCCCCCCCCCCCCCCC(=O)OCCCCCCOC(=O)CCCCCCCCCCCCCCCCC. The first kappa shape index (κ1) is 44.9. The van der Waals surface area contributed by atoms with E-state index >= 15 is 0 Å². The summed E-state index contributed by atoms with van der Waals surface area (Å²) in [6.07, 6.45) is 45.1. The van der Waals surface area contributed by atoms with Crippen LogP contribution in [0, 0.1) is 0 Å². The van der Waals surface area contributed by atoms with E-state index in [1.807, 2.05) is 0 Å². The van der Waals surface area contributed by atoms with Crippen LogP contribution in [0.25, 0.3) is 0 Å². The van der Waals surface area contributed by atoms with Crippen molar-refractivity contribution in [1.82, 2.24) is 0 Å². The van der Waals surface area contributed by atoms with Crippen LogP contribution in [0.5, 0.6) is 0 Å². The summed E-state index contributed by atoms with van der Waals surface area (Å²) in [6.45, 7) is 5.61. The van der Waals surface area contributed by atoms with Crippen LogP contribution >= 0.6 is 0 Å². The number of carbonyl (C=O) groups is 2. The number of esters is 2. The molecule has 4 nitrogen and oxygen atoms in total. The molecule has 0 unspecified atom stereocenters. The molecule has 0 amide bonds. The summed E-state index contributed by atoms with van der Waals surface area (Å²) in [5.74, 6) is -0.0788. The van der Waals surface area contributed by atoms with Crippen LogP contribution in [-0.2, 0) is 19.1 Å². The fraction of sp³-hybridized carbons (Fsp3) is 0.952. The first-order chi connectivity index (χ1) is 22.7. The number of unbranched alkanes of at least 4 members (excludes halogenated alkanes) is 31. The summed E-state index contributed by atoms with van der Waals surface area (Å²) in [5, 5.41) is 0. The van der Waals surface area contributed by atoms with Gasteiger partial charge in [0.2, 0.25) is 0 Å². The van der Waals surface area contributed by atoms with E-state index in [0.717, 1.165) is 51.4 Å². The summed E-state index contributed by atoms with van der Waals surface area (Å²) in [6, 6.07) is 0. The molecular weight excluding hydrogens is 568 g/mol. The van der Waals surface area contributed by atoms with Crippen LogP contribution in [0.1, 0.15) is 245 Å². The van der Waals surface area contributed by atoms with Crippen LogP contribution in [0.2, 0.25) is 0 Å². The molecule has 0 heterocycles. The lowest BCUT2D eigenvalue weighted by atomic mass is 10.0. The van der Waals surface area contributed by atoms with E-state index < -0.39 is 0 Å². The molecule has 0 aromatic heterocycles. The molecule has 0 aliphatic carbocycles. The number of rotatable bonds is 39. The van der Waals surface area contributed by atoms with Crippen molar-refractivity contribution < 1.29 is 19.1 Å². The minimum atomic E-state index is -0.0394. The third-order valence-electron chi connectivity index (χ3n) is 9.53. The molecule has 0 N–H and O–H groups in total.